The monoisotopic (exact) mass is 481 g/mol. The Bertz CT molecular complexity index is 987. The van der Waals surface area contributed by atoms with Gasteiger partial charge in [0.2, 0.25) is 5.91 Å². The lowest BCUT2D eigenvalue weighted by atomic mass is 10.2. The van der Waals surface area contributed by atoms with Gasteiger partial charge in [-0.25, -0.2) is 12.7 Å². The predicted molar refractivity (Wildman–Crippen MR) is 115 cm³/mol. The number of aryl methyl sites for hydroxylation is 1. The van der Waals surface area contributed by atoms with Crippen molar-refractivity contribution in [2.24, 2.45) is 0 Å². The number of amides is 1. The summed E-state index contributed by atoms with van der Waals surface area (Å²) in [5, 5.41) is 0. The summed E-state index contributed by atoms with van der Waals surface area (Å²) < 4.78 is 32.9. The van der Waals surface area contributed by atoms with Crippen LogP contribution < -0.4 is 9.04 Å². The van der Waals surface area contributed by atoms with Crippen LogP contribution in [0.2, 0.25) is 0 Å². The van der Waals surface area contributed by atoms with E-state index in [-0.39, 0.29) is 35.1 Å². The summed E-state index contributed by atoms with van der Waals surface area (Å²) in [5.41, 5.74) is 1.09. The Labute approximate surface area is 180 Å². The number of carbonyl (C=O) groups is 2. The summed E-state index contributed by atoms with van der Waals surface area (Å²) in [6.45, 7) is 5.53. The van der Waals surface area contributed by atoms with Gasteiger partial charge in [-0.15, -0.1) is 0 Å². The Morgan fingerprint density at radius 1 is 1.00 bits per heavy atom. The molecule has 0 aliphatic rings. The maximum atomic E-state index is 13.2. The summed E-state index contributed by atoms with van der Waals surface area (Å²) in [7, 11) is -4.10. The third-order valence-corrected chi connectivity index (χ3v) is 6.46. The van der Waals surface area contributed by atoms with Gasteiger partial charge in [-0.1, -0.05) is 31.5 Å². The lowest BCUT2D eigenvalue weighted by Crippen LogP contribution is -2.36. The number of carbonyl (C=O) groups excluding carboxylic acids is 2. The van der Waals surface area contributed by atoms with Crippen LogP contribution in [0, 0.1) is 6.92 Å². The van der Waals surface area contributed by atoms with Gasteiger partial charge in [-0.3, -0.25) is 9.59 Å². The van der Waals surface area contributed by atoms with Crippen LogP contribution in [0.4, 0.5) is 5.69 Å². The highest BCUT2D eigenvalue weighted by atomic mass is 79.9. The average molecular weight is 482 g/mol. The molecule has 0 unspecified atom stereocenters. The summed E-state index contributed by atoms with van der Waals surface area (Å²) in [4.78, 5) is 24.5. The van der Waals surface area contributed by atoms with Crippen molar-refractivity contribution in [2.45, 2.75) is 51.3 Å². The molecule has 0 saturated heterocycles. The zero-order valence-electron chi connectivity index (χ0n) is 16.6. The van der Waals surface area contributed by atoms with Crippen molar-refractivity contribution in [3.05, 3.63) is 52.5 Å². The minimum atomic E-state index is -4.10. The molecule has 0 fully saturated rings. The van der Waals surface area contributed by atoms with Crippen molar-refractivity contribution in [1.82, 2.24) is 0 Å². The molecule has 0 N–H and O–H groups in total. The minimum absolute atomic E-state index is 0.0297. The number of hydrogen-bond acceptors (Lipinski definition) is 5. The second-order valence-corrected chi connectivity index (χ2v) is 9.21. The van der Waals surface area contributed by atoms with Gasteiger partial charge in [-0.2, -0.15) is 0 Å². The first kappa shape index (κ1) is 23.1. The molecule has 0 aromatic heterocycles. The molecule has 0 spiro atoms. The number of ether oxygens (including phenoxy) is 1. The van der Waals surface area contributed by atoms with Crippen molar-refractivity contribution in [1.29, 1.82) is 0 Å². The zero-order chi connectivity index (χ0) is 21.6. The van der Waals surface area contributed by atoms with Gasteiger partial charge in [0.25, 0.3) is 10.0 Å². The molecular formula is C21H24BrNO5S. The number of nitrogens with zero attached hydrogens (tertiary/aromatic N) is 1. The van der Waals surface area contributed by atoms with Gasteiger partial charge in [0.15, 0.2) is 0 Å². The molecule has 0 aliphatic heterocycles. The molecule has 0 heterocycles. The van der Waals surface area contributed by atoms with Crippen LogP contribution in [0.1, 0.15) is 45.1 Å². The molecular weight excluding hydrogens is 458 g/mol. The van der Waals surface area contributed by atoms with Crippen LogP contribution in [0.3, 0.4) is 0 Å². The lowest BCUT2D eigenvalue weighted by Gasteiger charge is -2.23. The largest absolute Gasteiger partial charge is 0.425 e. The van der Waals surface area contributed by atoms with Crippen molar-refractivity contribution in [3.8, 4) is 5.75 Å². The van der Waals surface area contributed by atoms with Gasteiger partial charge in [0, 0.05) is 12.8 Å². The van der Waals surface area contributed by atoms with Crippen LogP contribution in [0.15, 0.2) is 51.8 Å². The lowest BCUT2D eigenvalue weighted by molar-refractivity contribution is -0.134. The van der Waals surface area contributed by atoms with E-state index < -0.39 is 15.9 Å². The first-order valence-corrected chi connectivity index (χ1v) is 11.6. The molecule has 156 valence electrons. The fraction of sp³-hybridized carbons (Fsp3) is 0.333. The first-order valence-electron chi connectivity index (χ1n) is 9.35. The van der Waals surface area contributed by atoms with Crippen molar-refractivity contribution in [3.63, 3.8) is 0 Å². The quantitative estimate of drug-likeness (QED) is 0.392. The molecule has 1 amide bonds. The molecule has 2 aromatic carbocycles. The summed E-state index contributed by atoms with van der Waals surface area (Å²) in [6, 6.07) is 10.7. The van der Waals surface area contributed by atoms with Gasteiger partial charge >= 0.3 is 5.97 Å². The first-order chi connectivity index (χ1) is 13.7. The number of anilines is 1. The molecule has 0 radical (unpaired) electrons. The molecule has 6 nitrogen and oxygen atoms in total. The van der Waals surface area contributed by atoms with Gasteiger partial charge in [-0.05, 0) is 66.0 Å². The van der Waals surface area contributed by atoms with Crippen molar-refractivity contribution in [2.75, 3.05) is 4.31 Å². The van der Waals surface area contributed by atoms with E-state index in [1.165, 1.54) is 30.3 Å². The zero-order valence-corrected chi connectivity index (χ0v) is 19.0. The van der Waals surface area contributed by atoms with E-state index in [4.69, 9.17) is 4.74 Å². The maximum Gasteiger partial charge on any atom is 0.311 e. The van der Waals surface area contributed by atoms with Gasteiger partial charge in [0.05, 0.1) is 15.1 Å². The number of sulfonamides is 1. The highest BCUT2D eigenvalue weighted by Crippen LogP contribution is 2.33. The van der Waals surface area contributed by atoms with E-state index >= 15 is 0 Å². The van der Waals surface area contributed by atoms with E-state index in [1.54, 1.807) is 19.1 Å². The Kier molecular flexibility index (Phi) is 7.98. The average Bonchev–Trinajstić information content (AvgIpc) is 2.64. The van der Waals surface area contributed by atoms with Crippen molar-refractivity contribution >= 4 is 43.5 Å². The number of rotatable bonds is 8. The molecule has 0 aliphatic carbocycles. The topological polar surface area (TPSA) is 80.8 Å². The SMILES string of the molecule is CCCC(=O)Oc1ccc(N(C(=O)CCC)S(=O)(=O)c2ccc(C)cc2)cc1Br. The van der Waals surface area contributed by atoms with E-state index in [9.17, 15) is 18.0 Å². The highest BCUT2D eigenvalue weighted by Gasteiger charge is 2.31. The third kappa shape index (κ3) is 5.67. The molecule has 0 saturated carbocycles. The Morgan fingerprint density at radius 2 is 1.62 bits per heavy atom. The molecule has 8 heteroatoms. The van der Waals surface area contributed by atoms with E-state index in [1.807, 2.05) is 13.8 Å². The fourth-order valence-corrected chi connectivity index (χ4v) is 4.51. The van der Waals surface area contributed by atoms with Crippen LogP contribution in [-0.2, 0) is 19.6 Å². The molecule has 0 bridgehead atoms. The molecule has 29 heavy (non-hydrogen) atoms. The van der Waals surface area contributed by atoms with Crippen LogP contribution in [0.5, 0.6) is 5.75 Å². The number of benzene rings is 2. The number of halogens is 1. The van der Waals surface area contributed by atoms with Crippen molar-refractivity contribution < 1.29 is 22.7 Å². The predicted octanol–water partition coefficient (Wildman–Crippen LogP) is 4.99. The summed E-state index contributed by atoms with van der Waals surface area (Å²) in [6.07, 6.45) is 1.52. The molecule has 2 aromatic rings. The van der Waals surface area contributed by atoms with E-state index in [0.717, 1.165) is 9.87 Å². The van der Waals surface area contributed by atoms with E-state index in [2.05, 4.69) is 15.9 Å². The van der Waals surface area contributed by atoms with Crippen LogP contribution >= 0.6 is 15.9 Å². The molecule has 0 atom stereocenters. The Hall–Kier alpha value is -2.19. The molecule has 2 rings (SSSR count). The second-order valence-electron chi connectivity index (χ2n) is 6.57. The number of hydrogen-bond donors (Lipinski definition) is 0. The standard InChI is InChI=1S/C21H24BrNO5S/c1-4-6-20(24)23(29(26,27)17-11-8-15(3)9-12-17)16-10-13-19(18(22)14-16)28-21(25)7-5-2/h8-14H,4-7H2,1-3H3. The summed E-state index contributed by atoms with van der Waals surface area (Å²) in [5.74, 6) is -0.648. The maximum absolute atomic E-state index is 13.2. The number of esters is 1. The van der Waals surface area contributed by atoms with Crippen LogP contribution in [-0.4, -0.2) is 20.3 Å². The normalized spacial score (nSPS) is 11.2. The summed E-state index contributed by atoms with van der Waals surface area (Å²) >= 11 is 3.31. The van der Waals surface area contributed by atoms with Gasteiger partial charge in [0.1, 0.15) is 5.75 Å². The smallest absolute Gasteiger partial charge is 0.311 e. The highest BCUT2D eigenvalue weighted by molar-refractivity contribution is 9.10. The van der Waals surface area contributed by atoms with Crippen LogP contribution in [0.25, 0.3) is 0 Å². The second kappa shape index (κ2) is 10.0. The fourth-order valence-electron chi connectivity index (χ4n) is 2.62. The third-order valence-electron chi connectivity index (χ3n) is 4.08. The van der Waals surface area contributed by atoms with Gasteiger partial charge < -0.3 is 4.74 Å². The van der Waals surface area contributed by atoms with E-state index in [0.29, 0.717) is 17.3 Å². The Morgan fingerprint density at radius 3 is 2.17 bits per heavy atom. The minimum Gasteiger partial charge on any atom is -0.425 e. The Balaban J connectivity index is 2.48.